The monoisotopic (exact) mass is 377 g/mol. The third kappa shape index (κ3) is 2.51. The first-order valence-electron chi connectivity index (χ1n) is 8.46. The fraction of sp³-hybridized carbons (Fsp3) is 0.105. The van der Waals surface area contributed by atoms with Crippen molar-refractivity contribution in [2.45, 2.75) is 5.92 Å². The Morgan fingerprint density at radius 2 is 1.86 bits per heavy atom. The predicted molar refractivity (Wildman–Crippen MR) is 97.7 cm³/mol. The van der Waals surface area contributed by atoms with E-state index in [1.165, 1.54) is 18.3 Å². The van der Waals surface area contributed by atoms with Crippen LogP contribution in [0.4, 0.5) is 8.78 Å². The third-order valence-corrected chi connectivity index (χ3v) is 4.54. The van der Waals surface area contributed by atoms with E-state index in [0.29, 0.717) is 10.9 Å². The number of hydrogen-bond acceptors (Lipinski definition) is 5. The van der Waals surface area contributed by atoms with Crippen LogP contribution < -0.4 is 0 Å². The van der Waals surface area contributed by atoms with Crippen LogP contribution in [0.25, 0.3) is 27.7 Å². The average Bonchev–Trinajstić information content (AvgIpc) is 3.33. The summed E-state index contributed by atoms with van der Waals surface area (Å²) in [5.74, 6) is -3.90. The number of fused-ring (bicyclic) bond motifs is 2. The predicted octanol–water partition coefficient (Wildman–Crippen LogP) is 3.21. The summed E-state index contributed by atoms with van der Waals surface area (Å²) in [6.45, 7) is 0. The zero-order chi connectivity index (χ0) is 19.3. The summed E-state index contributed by atoms with van der Waals surface area (Å²) in [4.78, 5) is 4.38. The van der Waals surface area contributed by atoms with Crippen LogP contribution >= 0.6 is 0 Å². The van der Waals surface area contributed by atoms with Gasteiger partial charge in [-0.05, 0) is 30.3 Å². The second-order valence-electron chi connectivity index (χ2n) is 6.43. The topological polar surface area (TPSA) is 73.8 Å². The van der Waals surface area contributed by atoms with Crippen LogP contribution in [0.2, 0.25) is 0 Å². The van der Waals surface area contributed by atoms with E-state index in [4.69, 9.17) is 0 Å². The van der Waals surface area contributed by atoms with E-state index in [9.17, 15) is 0 Å². The zero-order valence-electron chi connectivity index (χ0n) is 14.7. The summed E-state index contributed by atoms with van der Waals surface area (Å²) < 4.78 is 33.1. The molecule has 0 fully saturated rings. The molecular weight excluding hydrogens is 364 g/mol. The zero-order valence-corrected chi connectivity index (χ0v) is 14.7. The number of aryl methyl sites for hydroxylation is 1. The molecule has 0 aliphatic carbocycles. The summed E-state index contributed by atoms with van der Waals surface area (Å²) in [6.07, 6.45) is 6.66. The fourth-order valence-corrected chi connectivity index (χ4v) is 3.12. The molecule has 28 heavy (non-hydrogen) atoms. The van der Waals surface area contributed by atoms with E-state index in [1.807, 2.05) is 19.3 Å². The largest absolute Gasteiger partial charge is 0.333 e. The van der Waals surface area contributed by atoms with Crippen molar-refractivity contribution in [2.75, 3.05) is 0 Å². The molecule has 4 heterocycles. The lowest BCUT2D eigenvalue weighted by Gasteiger charge is -2.15. The molecule has 0 bridgehead atoms. The minimum absolute atomic E-state index is 0.204. The highest BCUT2D eigenvalue weighted by molar-refractivity contribution is 5.84. The SMILES string of the molecule is Cn1cc(-c2cnc3ccc(C(F)(F)c4nnc5cccnn45)cc3c2)cn1. The quantitative estimate of drug-likeness (QED) is 0.483. The molecule has 0 aliphatic heterocycles. The van der Waals surface area contributed by atoms with Gasteiger partial charge in [-0.3, -0.25) is 9.67 Å². The Bertz CT molecular complexity index is 1320. The van der Waals surface area contributed by atoms with Gasteiger partial charge in [-0.1, -0.05) is 6.07 Å². The van der Waals surface area contributed by atoms with E-state index in [2.05, 4.69) is 25.4 Å². The van der Waals surface area contributed by atoms with E-state index >= 15 is 8.78 Å². The number of nitrogens with zero attached hydrogens (tertiary/aromatic N) is 7. The van der Waals surface area contributed by atoms with Gasteiger partial charge in [0.2, 0.25) is 5.82 Å². The van der Waals surface area contributed by atoms with Gasteiger partial charge in [-0.25, -0.2) is 0 Å². The molecule has 0 aliphatic rings. The van der Waals surface area contributed by atoms with Crippen molar-refractivity contribution in [1.29, 1.82) is 0 Å². The Kier molecular flexibility index (Phi) is 3.45. The van der Waals surface area contributed by atoms with Crippen LogP contribution in [0.1, 0.15) is 11.4 Å². The minimum Gasteiger partial charge on any atom is -0.275 e. The highest BCUT2D eigenvalue weighted by atomic mass is 19.3. The fourth-order valence-electron chi connectivity index (χ4n) is 3.12. The van der Waals surface area contributed by atoms with Gasteiger partial charge in [0.25, 0.3) is 0 Å². The number of rotatable bonds is 3. The van der Waals surface area contributed by atoms with Crippen molar-refractivity contribution >= 4 is 16.6 Å². The second kappa shape index (κ2) is 5.88. The maximum absolute atomic E-state index is 15.2. The van der Waals surface area contributed by atoms with Crippen LogP contribution in [0.3, 0.4) is 0 Å². The molecule has 0 atom stereocenters. The number of hydrogen-bond donors (Lipinski definition) is 0. The van der Waals surface area contributed by atoms with E-state index < -0.39 is 11.7 Å². The van der Waals surface area contributed by atoms with Gasteiger partial charge in [0, 0.05) is 47.7 Å². The Hall–Kier alpha value is -3.75. The van der Waals surface area contributed by atoms with Gasteiger partial charge < -0.3 is 0 Å². The normalized spacial score (nSPS) is 12.1. The first kappa shape index (κ1) is 16.4. The molecule has 0 saturated heterocycles. The van der Waals surface area contributed by atoms with Gasteiger partial charge in [0.15, 0.2) is 5.65 Å². The lowest BCUT2D eigenvalue weighted by Crippen LogP contribution is -2.20. The summed E-state index contributed by atoms with van der Waals surface area (Å²) in [6, 6.07) is 9.36. The Morgan fingerprint density at radius 3 is 2.68 bits per heavy atom. The second-order valence-corrected chi connectivity index (χ2v) is 6.43. The van der Waals surface area contributed by atoms with Crippen molar-refractivity contribution < 1.29 is 8.78 Å². The van der Waals surface area contributed by atoms with Crippen LogP contribution in [-0.2, 0) is 13.0 Å². The molecule has 5 aromatic rings. The summed E-state index contributed by atoms with van der Waals surface area (Å²) in [5, 5.41) is 16.1. The van der Waals surface area contributed by atoms with E-state index in [0.717, 1.165) is 15.6 Å². The maximum atomic E-state index is 15.2. The van der Waals surface area contributed by atoms with Gasteiger partial charge in [0.1, 0.15) is 0 Å². The first-order chi connectivity index (χ1) is 13.5. The van der Waals surface area contributed by atoms with Crippen LogP contribution in [0.5, 0.6) is 0 Å². The van der Waals surface area contributed by atoms with E-state index in [1.54, 1.807) is 35.3 Å². The van der Waals surface area contributed by atoms with Crippen LogP contribution in [0, 0.1) is 0 Å². The van der Waals surface area contributed by atoms with Crippen molar-refractivity contribution in [3.8, 4) is 11.1 Å². The summed E-state index contributed by atoms with van der Waals surface area (Å²) in [7, 11) is 1.81. The highest BCUT2D eigenvalue weighted by Crippen LogP contribution is 2.36. The molecular formula is C19H13F2N7. The maximum Gasteiger partial charge on any atom is 0.333 e. The molecule has 0 unspecified atom stereocenters. The number of benzene rings is 1. The number of aromatic nitrogens is 7. The number of alkyl halides is 2. The molecule has 7 nitrogen and oxygen atoms in total. The summed E-state index contributed by atoms with van der Waals surface area (Å²) >= 11 is 0. The molecule has 0 amide bonds. The van der Waals surface area contributed by atoms with Gasteiger partial charge >= 0.3 is 5.92 Å². The standard InChI is InChI=1S/C19H13F2N7/c1-27-11-14(10-24-27)13-7-12-8-15(4-5-16(12)22-9-13)19(20,21)18-26-25-17-3-2-6-23-28(17)18/h2-11H,1H3. The van der Waals surface area contributed by atoms with Gasteiger partial charge in [-0.15, -0.1) is 10.2 Å². The van der Waals surface area contributed by atoms with Gasteiger partial charge in [0.05, 0.1) is 11.7 Å². The van der Waals surface area contributed by atoms with Gasteiger partial charge in [-0.2, -0.15) is 23.5 Å². The minimum atomic E-state index is -3.37. The molecule has 0 spiro atoms. The Labute approximate surface area is 157 Å². The smallest absolute Gasteiger partial charge is 0.275 e. The van der Waals surface area contributed by atoms with Crippen molar-refractivity contribution in [1.82, 2.24) is 34.6 Å². The lowest BCUT2D eigenvalue weighted by atomic mass is 10.0. The molecule has 1 aromatic carbocycles. The third-order valence-electron chi connectivity index (χ3n) is 4.54. The first-order valence-corrected chi connectivity index (χ1v) is 8.46. The molecule has 138 valence electrons. The molecule has 9 heteroatoms. The molecule has 5 rings (SSSR count). The van der Waals surface area contributed by atoms with Crippen molar-refractivity contribution in [3.63, 3.8) is 0 Å². The summed E-state index contributed by atoms with van der Waals surface area (Å²) in [5.41, 5.74) is 2.34. The molecule has 0 radical (unpaired) electrons. The number of halogens is 2. The average molecular weight is 377 g/mol. The molecule has 0 N–H and O–H groups in total. The highest BCUT2D eigenvalue weighted by Gasteiger charge is 2.40. The van der Waals surface area contributed by atoms with Crippen LogP contribution in [-0.4, -0.2) is 34.6 Å². The van der Waals surface area contributed by atoms with Crippen molar-refractivity contribution in [2.24, 2.45) is 7.05 Å². The number of pyridine rings is 1. The van der Waals surface area contributed by atoms with Crippen molar-refractivity contribution in [3.05, 3.63) is 72.6 Å². The lowest BCUT2D eigenvalue weighted by molar-refractivity contribution is 0.0307. The Balaban J connectivity index is 1.63. The Morgan fingerprint density at radius 1 is 0.964 bits per heavy atom. The van der Waals surface area contributed by atoms with Crippen LogP contribution in [0.15, 0.2) is 61.2 Å². The molecule has 4 aromatic heterocycles. The molecule has 0 saturated carbocycles. The van der Waals surface area contributed by atoms with E-state index in [-0.39, 0.29) is 11.2 Å².